The molecular formula is C28H28F2N4O3. The molecule has 0 radical (unpaired) electrons. The molecule has 0 unspecified atom stereocenters. The van der Waals surface area contributed by atoms with E-state index >= 15 is 0 Å². The summed E-state index contributed by atoms with van der Waals surface area (Å²) in [5.74, 6) is 5.67. The monoisotopic (exact) mass is 509 g/mol. The summed E-state index contributed by atoms with van der Waals surface area (Å²) in [6.07, 6.45) is 2.31. The van der Waals surface area contributed by atoms with Gasteiger partial charge in [-0.1, -0.05) is 17.9 Å². The van der Waals surface area contributed by atoms with Gasteiger partial charge in [-0.25, -0.2) is 4.98 Å². The topological polar surface area (TPSA) is 59.8 Å². The first-order valence-corrected chi connectivity index (χ1v) is 12.3. The summed E-state index contributed by atoms with van der Waals surface area (Å²) < 4.78 is 63.7. The number of piperidine rings is 1. The van der Waals surface area contributed by atoms with Crippen LogP contribution in [0.2, 0.25) is 0 Å². The first-order chi connectivity index (χ1) is 19.1. The van der Waals surface area contributed by atoms with Gasteiger partial charge >= 0.3 is 6.61 Å². The van der Waals surface area contributed by atoms with Crippen LogP contribution in [0.5, 0.6) is 5.75 Å². The number of benzene rings is 2. The summed E-state index contributed by atoms with van der Waals surface area (Å²) in [5, 5.41) is 0. The quantitative estimate of drug-likeness (QED) is 0.493. The van der Waals surface area contributed by atoms with Crippen molar-refractivity contribution in [2.75, 3.05) is 33.7 Å². The lowest BCUT2D eigenvalue weighted by atomic mass is 9.97. The zero-order chi connectivity index (χ0) is 28.2. The summed E-state index contributed by atoms with van der Waals surface area (Å²) in [5.41, 5.74) is 2.22. The number of amides is 1. The summed E-state index contributed by atoms with van der Waals surface area (Å²) in [6, 6.07) is 8.19. The van der Waals surface area contributed by atoms with Crippen molar-refractivity contribution in [2.45, 2.75) is 44.1 Å². The van der Waals surface area contributed by atoms with Gasteiger partial charge in [0.25, 0.3) is 5.91 Å². The predicted molar refractivity (Wildman–Crippen MR) is 134 cm³/mol. The maximum Gasteiger partial charge on any atom is 0.387 e. The number of alkyl halides is 2. The zero-order valence-electron chi connectivity index (χ0n) is 23.3. The summed E-state index contributed by atoms with van der Waals surface area (Å²) in [4.78, 5) is 21.3. The van der Waals surface area contributed by atoms with Gasteiger partial charge in [-0.15, -0.1) is 0 Å². The standard InChI is InChI=1S/C28H28F2N4O3/c1-32-12-10-18(11-13-32)36-14-4-5-17-8-9-20-21(15-17)34-22-16-23(26(34)31-20)33(2)27(35)19-6-3-7-24(25(19)22)37-28(29)30/h3,6-9,15,18,22-23,28H,10-14,16H2,1-2H3/t22-,23-/m1/s1/i2D3. The number of hydrogen-bond acceptors (Lipinski definition) is 5. The third kappa shape index (κ3) is 4.24. The molecule has 9 heteroatoms. The Balaban J connectivity index is 1.39. The van der Waals surface area contributed by atoms with E-state index in [1.54, 1.807) is 6.07 Å². The molecule has 2 atom stereocenters. The van der Waals surface area contributed by atoms with Gasteiger partial charge in [0, 0.05) is 47.3 Å². The first kappa shape index (κ1) is 20.6. The molecule has 4 heterocycles. The number of imidazole rings is 1. The van der Waals surface area contributed by atoms with E-state index in [-0.39, 0.29) is 29.4 Å². The Morgan fingerprint density at radius 1 is 1.22 bits per heavy atom. The number of halogens is 2. The maximum absolute atomic E-state index is 13.5. The number of fused-ring (bicyclic) bond motifs is 9. The van der Waals surface area contributed by atoms with Crippen molar-refractivity contribution in [1.82, 2.24) is 19.4 Å². The molecule has 2 bridgehead atoms. The molecule has 1 saturated heterocycles. The Hall–Kier alpha value is -3.48. The molecule has 3 aromatic rings. The highest BCUT2D eigenvalue weighted by Gasteiger charge is 2.45. The Morgan fingerprint density at radius 2 is 2.05 bits per heavy atom. The fraction of sp³-hybridized carbons (Fsp3) is 0.429. The molecule has 0 aliphatic carbocycles. The second-order valence-electron chi connectivity index (χ2n) is 9.70. The smallest absolute Gasteiger partial charge is 0.387 e. The normalized spacial score (nSPS) is 23.1. The largest absolute Gasteiger partial charge is 0.434 e. The Morgan fingerprint density at radius 3 is 2.84 bits per heavy atom. The van der Waals surface area contributed by atoms with Crippen LogP contribution in [0.15, 0.2) is 36.4 Å². The Labute approximate surface area is 218 Å². The molecule has 37 heavy (non-hydrogen) atoms. The third-order valence-electron chi connectivity index (χ3n) is 7.44. The number of carbonyl (C=O) groups excluding carboxylic acids is 1. The van der Waals surface area contributed by atoms with Crippen LogP contribution in [0.4, 0.5) is 8.78 Å². The van der Waals surface area contributed by atoms with E-state index in [0.29, 0.717) is 29.0 Å². The van der Waals surface area contributed by atoms with Gasteiger partial charge in [0.1, 0.15) is 18.2 Å². The van der Waals surface area contributed by atoms with Crippen LogP contribution in [0.3, 0.4) is 0 Å². The van der Waals surface area contributed by atoms with Crippen LogP contribution >= 0.6 is 0 Å². The number of likely N-dealkylation sites (tertiary alicyclic amines) is 1. The van der Waals surface area contributed by atoms with Crippen LogP contribution < -0.4 is 4.74 Å². The van der Waals surface area contributed by atoms with Gasteiger partial charge < -0.3 is 23.8 Å². The van der Waals surface area contributed by atoms with E-state index in [2.05, 4.69) is 23.8 Å². The summed E-state index contributed by atoms with van der Waals surface area (Å²) in [7, 11) is 2.10. The van der Waals surface area contributed by atoms with Crippen molar-refractivity contribution in [3.05, 3.63) is 58.9 Å². The number of ether oxygens (including phenoxy) is 2. The highest BCUT2D eigenvalue weighted by molar-refractivity contribution is 5.97. The SMILES string of the molecule is [2H]C([2H])([2H])N1C(=O)c2cccc(OC(F)F)c2[C@H]2C[C@@H]1c1nc3ccc(C#CCOC4CCN(C)CC4)cc3n12. The van der Waals surface area contributed by atoms with Gasteiger partial charge in [-0.3, -0.25) is 4.79 Å². The predicted octanol–water partition coefficient (Wildman–Crippen LogP) is 4.22. The van der Waals surface area contributed by atoms with E-state index in [4.69, 9.17) is 18.6 Å². The highest BCUT2D eigenvalue weighted by atomic mass is 19.3. The second-order valence-corrected chi connectivity index (χ2v) is 9.70. The van der Waals surface area contributed by atoms with Crippen molar-refractivity contribution in [2.24, 2.45) is 0 Å². The molecule has 6 rings (SSSR count). The average molecular weight is 510 g/mol. The molecule has 1 fully saturated rings. The lowest BCUT2D eigenvalue weighted by Crippen LogP contribution is -2.34. The minimum absolute atomic E-state index is 0.0243. The van der Waals surface area contributed by atoms with Gasteiger partial charge in [-0.05, 0) is 50.2 Å². The Kier molecular flexibility index (Phi) is 5.24. The fourth-order valence-corrected chi connectivity index (χ4v) is 5.64. The van der Waals surface area contributed by atoms with E-state index in [0.717, 1.165) is 30.8 Å². The number of carbonyl (C=O) groups is 1. The van der Waals surface area contributed by atoms with Crippen molar-refractivity contribution >= 4 is 16.9 Å². The van der Waals surface area contributed by atoms with Crippen LogP contribution in [-0.4, -0.2) is 71.7 Å². The number of aromatic nitrogens is 2. The van der Waals surface area contributed by atoms with Crippen molar-refractivity contribution in [3.63, 3.8) is 0 Å². The molecular weight excluding hydrogens is 478 g/mol. The third-order valence-corrected chi connectivity index (χ3v) is 7.44. The van der Waals surface area contributed by atoms with Crippen LogP contribution in [0, 0.1) is 11.8 Å². The number of rotatable bonds is 4. The van der Waals surface area contributed by atoms with Crippen molar-refractivity contribution in [1.29, 1.82) is 0 Å². The van der Waals surface area contributed by atoms with Gasteiger partial charge in [0.2, 0.25) is 0 Å². The molecule has 0 N–H and O–H groups in total. The lowest BCUT2D eigenvalue weighted by Gasteiger charge is -2.28. The molecule has 7 nitrogen and oxygen atoms in total. The molecule has 2 aromatic carbocycles. The van der Waals surface area contributed by atoms with Crippen molar-refractivity contribution < 1.29 is 27.2 Å². The minimum Gasteiger partial charge on any atom is -0.434 e. The number of hydrogen-bond donors (Lipinski definition) is 0. The fourth-order valence-electron chi connectivity index (χ4n) is 5.64. The lowest BCUT2D eigenvalue weighted by molar-refractivity contribution is -0.0507. The average Bonchev–Trinajstić information content (AvgIpc) is 3.39. The van der Waals surface area contributed by atoms with E-state index in [1.807, 2.05) is 16.7 Å². The Bertz CT molecular complexity index is 1520. The molecule has 3 aliphatic rings. The molecule has 1 aromatic heterocycles. The van der Waals surface area contributed by atoms with Gasteiger partial charge in [-0.2, -0.15) is 8.78 Å². The van der Waals surface area contributed by atoms with E-state index in [1.165, 1.54) is 18.2 Å². The molecule has 0 spiro atoms. The molecule has 1 amide bonds. The summed E-state index contributed by atoms with van der Waals surface area (Å²) >= 11 is 0. The van der Waals surface area contributed by atoms with Crippen LogP contribution in [0.1, 0.15) is 62.8 Å². The van der Waals surface area contributed by atoms with E-state index in [9.17, 15) is 13.6 Å². The first-order valence-electron chi connectivity index (χ1n) is 13.8. The van der Waals surface area contributed by atoms with Crippen molar-refractivity contribution in [3.8, 4) is 17.6 Å². The second kappa shape index (κ2) is 9.43. The van der Waals surface area contributed by atoms with Crippen LogP contribution in [0.25, 0.3) is 11.0 Å². The summed E-state index contributed by atoms with van der Waals surface area (Å²) in [6.45, 7) is -3.58. The number of nitrogens with zero attached hydrogens (tertiary/aromatic N) is 4. The van der Waals surface area contributed by atoms with Gasteiger partial charge in [0.05, 0.1) is 29.2 Å². The highest BCUT2D eigenvalue weighted by Crippen LogP contribution is 2.49. The van der Waals surface area contributed by atoms with Gasteiger partial charge in [0.15, 0.2) is 0 Å². The van der Waals surface area contributed by atoms with Crippen LogP contribution in [-0.2, 0) is 4.74 Å². The van der Waals surface area contributed by atoms with E-state index < -0.39 is 31.6 Å². The molecule has 192 valence electrons. The zero-order valence-corrected chi connectivity index (χ0v) is 20.3. The maximum atomic E-state index is 13.5. The minimum atomic E-state index is -3.11. The molecule has 0 saturated carbocycles. The molecule has 3 aliphatic heterocycles.